The van der Waals surface area contributed by atoms with Crippen LogP contribution in [-0.2, 0) is 10.0 Å². The van der Waals surface area contributed by atoms with E-state index in [9.17, 15) is 8.42 Å². The first kappa shape index (κ1) is 14.8. The number of anilines is 2. The van der Waals surface area contributed by atoms with Gasteiger partial charge in [0.2, 0.25) is 10.0 Å². The van der Waals surface area contributed by atoms with Gasteiger partial charge in [-0.1, -0.05) is 0 Å². The van der Waals surface area contributed by atoms with Crippen LogP contribution in [-0.4, -0.2) is 39.0 Å². The lowest BCUT2D eigenvalue weighted by Gasteiger charge is -2.22. The molecule has 1 rings (SSSR count). The molecular weight excluding hydrogens is 252 g/mol. The van der Waals surface area contributed by atoms with E-state index in [0.29, 0.717) is 12.2 Å². The Balaban J connectivity index is 2.79. The van der Waals surface area contributed by atoms with Gasteiger partial charge >= 0.3 is 0 Å². The van der Waals surface area contributed by atoms with Crippen molar-refractivity contribution in [3.05, 3.63) is 24.3 Å². The van der Waals surface area contributed by atoms with Gasteiger partial charge in [-0.3, -0.25) is 4.72 Å². The van der Waals surface area contributed by atoms with E-state index >= 15 is 0 Å². The van der Waals surface area contributed by atoms with Crippen LogP contribution >= 0.6 is 0 Å². The topological polar surface area (TPSA) is 69.6 Å². The number of nitrogens with one attached hydrogen (secondary N) is 1. The summed E-state index contributed by atoms with van der Waals surface area (Å²) >= 11 is 0. The SMILES string of the molecule is CCN(CCO)c1ccc(NS(=O)(=O)CC)cc1. The number of aliphatic hydroxyl groups excluding tert-OH is 1. The van der Waals surface area contributed by atoms with Crippen molar-refractivity contribution in [3.8, 4) is 0 Å². The van der Waals surface area contributed by atoms with Gasteiger partial charge in [-0.25, -0.2) is 8.42 Å². The number of hydrogen-bond donors (Lipinski definition) is 2. The summed E-state index contributed by atoms with van der Waals surface area (Å²) in [6, 6.07) is 7.13. The molecule has 0 saturated carbocycles. The molecule has 6 heteroatoms. The van der Waals surface area contributed by atoms with Crippen LogP contribution in [0.1, 0.15) is 13.8 Å². The zero-order valence-corrected chi connectivity index (χ0v) is 11.6. The van der Waals surface area contributed by atoms with Crippen LogP contribution in [0.5, 0.6) is 0 Å². The second kappa shape index (κ2) is 6.61. The normalized spacial score (nSPS) is 11.3. The first-order valence-corrected chi connectivity index (χ1v) is 7.64. The fourth-order valence-corrected chi connectivity index (χ4v) is 2.22. The highest BCUT2D eigenvalue weighted by molar-refractivity contribution is 7.92. The number of sulfonamides is 1. The summed E-state index contributed by atoms with van der Waals surface area (Å²) in [7, 11) is -3.23. The third kappa shape index (κ3) is 4.19. The predicted octanol–water partition coefficient (Wildman–Crippen LogP) is 1.27. The number of nitrogens with zero attached hydrogens (tertiary/aromatic N) is 1. The highest BCUT2D eigenvalue weighted by Gasteiger charge is 2.07. The fourth-order valence-electron chi connectivity index (χ4n) is 1.58. The van der Waals surface area contributed by atoms with Gasteiger partial charge in [-0.05, 0) is 38.1 Å². The molecule has 0 amide bonds. The van der Waals surface area contributed by atoms with Crippen molar-refractivity contribution < 1.29 is 13.5 Å². The first-order valence-electron chi connectivity index (χ1n) is 5.98. The lowest BCUT2D eigenvalue weighted by atomic mass is 10.2. The molecule has 0 aliphatic heterocycles. The third-order valence-corrected chi connectivity index (χ3v) is 3.94. The second-order valence-electron chi connectivity index (χ2n) is 3.86. The van der Waals surface area contributed by atoms with Gasteiger partial charge in [-0.15, -0.1) is 0 Å². The Morgan fingerprint density at radius 1 is 1.22 bits per heavy atom. The van der Waals surface area contributed by atoms with Gasteiger partial charge in [0, 0.05) is 24.5 Å². The molecular formula is C12H20N2O3S. The van der Waals surface area contributed by atoms with Gasteiger partial charge in [-0.2, -0.15) is 0 Å². The average Bonchev–Trinajstić information content (AvgIpc) is 2.37. The Morgan fingerprint density at radius 2 is 1.83 bits per heavy atom. The minimum atomic E-state index is -3.23. The van der Waals surface area contributed by atoms with Crippen molar-refractivity contribution in [1.82, 2.24) is 0 Å². The molecule has 0 radical (unpaired) electrons. The minimum absolute atomic E-state index is 0.0559. The lowest BCUT2D eigenvalue weighted by molar-refractivity contribution is 0.302. The Hall–Kier alpha value is -1.27. The van der Waals surface area contributed by atoms with E-state index in [2.05, 4.69) is 4.72 Å². The molecule has 5 nitrogen and oxygen atoms in total. The van der Waals surface area contributed by atoms with Crippen molar-refractivity contribution in [2.24, 2.45) is 0 Å². The maximum absolute atomic E-state index is 11.4. The summed E-state index contributed by atoms with van der Waals surface area (Å²) in [5, 5.41) is 8.94. The fraction of sp³-hybridized carbons (Fsp3) is 0.500. The van der Waals surface area contributed by atoms with E-state index in [-0.39, 0.29) is 12.4 Å². The van der Waals surface area contributed by atoms with E-state index in [0.717, 1.165) is 12.2 Å². The van der Waals surface area contributed by atoms with E-state index in [1.54, 1.807) is 19.1 Å². The van der Waals surface area contributed by atoms with E-state index in [4.69, 9.17) is 5.11 Å². The van der Waals surface area contributed by atoms with Gasteiger partial charge in [0.25, 0.3) is 0 Å². The predicted molar refractivity (Wildman–Crippen MR) is 74.5 cm³/mol. The molecule has 0 heterocycles. The van der Waals surface area contributed by atoms with Crippen LogP contribution in [0.3, 0.4) is 0 Å². The van der Waals surface area contributed by atoms with Crippen molar-refractivity contribution in [3.63, 3.8) is 0 Å². The molecule has 0 aromatic heterocycles. The molecule has 0 bridgehead atoms. The minimum Gasteiger partial charge on any atom is -0.395 e. The summed E-state index contributed by atoms with van der Waals surface area (Å²) < 4.78 is 25.3. The van der Waals surface area contributed by atoms with Gasteiger partial charge in [0.05, 0.1) is 12.4 Å². The van der Waals surface area contributed by atoms with Crippen LogP contribution < -0.4 is 9.62 Å². The quantitative estimate of drug-likeness (QED) is 0.784. The number of likely N-dealkylation sites (N-methyl/N-ethyl adjacent to an activating group) is 1. The molecule has 0 saturated heterocycles. The summed E-state index contributed by atoms with van der Waals surface area (Å²) in [6.07, 6.45) is 0. The van der Waals surface area contributed by atoms with Crippen molar-refractivity contribution in [1.29, 1.82) is 0 Å². The Bertz CT molecular complexity index is 457. The monoisotopic (exact) mass is 272 g/mol. The van der Waals surface area contributed by atoms with Crippen molar-refractivity contribution in [2.45, 2.75) is 13.8 Å². The van der Waals surface area contributed by atoms with E-state index in [1.165, 1.54) is 0 Å². The molecule has 2 N–H and O–H groups in total. The second-order valence-corrected chi connectivity index (χ2v) is 5.87. The largest absolute Gasteiger partial charge is 0.395 e. The lowest BCUT2D eigenvalue weighted by Crippen LogP contribution is -2.26. The Morgan fingerprint density at radius 3 is 2.28 bits per heavy atom. The van der Waals surface area contributed by atoms with Crippen LogP contribution in [0.15, 0.2) is 24.3 Å². The van der Waals surface area contributed by atoms with Crippen LogP contribution in [0.25, 0.3) is 0 Å². The van der Waals surface area contributed by atoms with Crippen LogP contribution in [0.2, 0.25) is 0 Å². The molecule has 0 aliphatic carbocycles. The first-order chi connectivity index (χ1) is 8.52. The molecule has 0 spiro atoms. The smallest absolute Gasteiger partial charge is 0.232 e. The maximum atomic E-state index is 11.4. The molecule has 1 aromatic rings. The van der Waals surface area contributed by atoms with Gasteiger partial charge in [0.1, 0.15) is 0 Å². The Labute approximate surface area is 108 Å². The third-order valence-electron chi connectivity index (χ3n) is 2.64. The molecule has 18 heavy (non-hydrogen) atoms. The molecule has 0 unspecified atom stereocenters. The zero-order chi connectivity index (χ0) is 13.6. The number of benzene rings is 1. The van der Waals surface area contributed by atoms with Crippen LogP contribution in [0.4, 0.5) is 11.4 Å². The van der Waals surface area contributed by atoms with Crippen molar-refractivity contribution in [2.75, 3.05) is 35.1 Å². The van der Waals surface area contributed by atoms with E-state index in [1.807, 2.05) is 24.0 Å². The average molecular weight is 272 g/mol. The molecule has 102 valence electrons. The number of aliphatic hydroxyl groups is 1. The zero-order valence-electron chi connectivity index (χ0n) is 10.8. The van der Waals surface area contributed by atoms with Gasteiger partial charge in [0.15, 0.2) is 0 Å². The summed E-state index contributed by atoms with van der Waals surface area (Å²) in [5.74, 6) is 0.0559. The summed E-state index contributed by atoms with van der Waals surface area (Å²) in [6.45, 7) is 5.05. The highest BCUT2D eigenvalue weighted by Crippen LogP contribution is 2.18. The van der Waals surface area contributed by atoms with E-state index < -0.39 is 10.0 Å². The molecule has 0 aliphatic rings. The molecule has 0 fully saturated rings. The number of hydrogen-bond acceptors (Lipinski definition) is 4. The Kier molecular flexibility index (Phi) is 5.43. The maximum Gasteiger partial charge on any atom is 0.232 e. The molecule has 0 atom stereocenters. The van der Waals surface area contributed by atoms with Gasteiger partial charge < -0.3 is 10.0 Å². The standard InChI is InChI=1S/C12H20N2O3S/c1-3-14(9-10-15)12-7-5-11(6-8-12)13-18(16,17)4-2/h5-8,13,15H,3-4,9-10H2,1-2H3. The highest BCUT2D eigenvalue weighted by atomic mass is 32.2. The van der Waals surface area contributed by atoms with Crippen LogP contribution in [0, 0.1) is 0 Å². The number of rotatable bonds is 7. The van der Waals surface area contributed by atoms with Crippen molar-refractivity contribution >= 4 is 21.4 Å². The summed E-state index contributed by atoms with van der Waals surface area (Å²) in [4.78, 5) is 2.01. The molecule has 1 aromatic carbocycles. The summed E-state index contributed by atoms with van der Waals surface area (Å²) in [5.41, 5.74) is 1.52.